The Morgan fingerprint density at radius 2 is 1.70 bits per heavy atom. The van der Waals surface area contributed by atoms with Gasteiger partial charge in [0, 0.05) is 5.69 Å². The molecule has 0 aliphatic carbocycles. The third-order valence-electron chi connectivity index (χ3n) is 4.55. The van der Waals surface area contributed by atoms with Gasteiger partial charge in [0.15, 0.2) is 0 Å². The summed E-state index contributed by atoms with van der Waals surface area (Å²) in [6, 6.07) is 14.3. The van der Waals surface area contributed by atoms with Crippen molar-refractivity contribution in [3.63, 3.8) is 0 Å². The average molecular weight is 305 g/mol. The van der Waals surface area contributed by atoms with Crippen LogP contribution in [0.15, 0.2) is 48.5 Å². The van der Waals surface area contributed by atoms with Gasteiger partial charge in [-0.05, 0) is 43.2 Å². The molecule has 2 aliphatic heterocycles. The van der Waals surface area contributed by atoms with Crippen LogP contribution >= 0.6 is 0 Å². The van der Waals surface area contributed by atoms with E-state index in [0.717, 1.165) is 22.6 Å². The van der Waals surface area contributed by atoms with Crippen LogP contribution in [0.25, 0.3) is 6.08 Å². The summed E-state index contributed by atoms with van der Waals surface area (Å²) in [5, 5.41) is 9.84. The Balaban J connectivity index is 1.58. The van der Waals surface area contributed by atoms with Crippen LogP contribution in [0.4, 0.5) is 17.1 Å². The van der Waals surface area contributed by atoms with E-state index in [-0.39, 0.29) is 12.1 Å². The molecule has 4 heteroatoms. The largest absolute Gasteiger partial charge is 0.360 e. The van der Waals surface area contributed by atoms with Gasteiger partial charge in [-0.25, -0.2) is 0 Å². The van der Waals surface area contributed by atoms with E-state index in [0.29, 0.717) is 0 Å². The summed E-state index contributed by atoms with van der Waals surface area (Å²) in [5.41, 5.74) is 4.69. The van der Waals surface area contributed by atoms with Crippen molar-refractivity contribution in [1.29, 1.82) is 0 Å². The lowest BCUT2D eigenvalue weighted by Gasteiger charge is -2.15. The van der Waals surface area contributed by atoms with Gasteiger partial charge in [0.1, 0.15) is 6.17 Å². The molecule has 4 rings (SSSR count). The molecule has 116 valence electrons. The first kappa shape index (κ1) is 13.9. The molecule has 3 N–H and O–H groups in total. The maximum Gasteiger partial charge on any atom is 0.234 e. The number of carbonyl (C=O) groups is 1. The SMILES string of the molecule is CC1(C)C(=O)Nc2cc3c(cc21)NC(C=Cc1ccccc1)N3. The van der Waals surface area contributed by atoms with E-state index in [9.17, 15) is 4.79 Å². The minimum absolute atomic E-state index is 0.0477. The highest BCUT2D eigenvalue weighted by Crippen LogP contribution is 2.43. The molecular formula is C19H19N3O. The lowest BCUT2D eigenvalue weighted by Crippen LogP contribution is -2.26. The first-order valence-electron chi connectivity index (χ1n) is 7.80. The monoisotopic (exact) mass is 305 g/mol. The van der Waals surface area contributed by atoms with Crippen LogP contribution in [-0.2, 0) is 10.2 Å². The number of anilines is 3. The van der Waals surface area contributed by atoms with Gasteiger partial charge in [-0.1, -0.05) is 36.4 Å². The highest BCUT2D eigenvalue weighted by molar-refractivity contribution is 6.07. The number of nitrogens with one attached hydrogen (secondary N) is 3. The summed E-state index contributed by atoms with van der Waals surface area (Å²) in [7, 11) is 0. The van der Waals surface area contributed by atoms with Gasteiger partial charge in [0.25, 0.3) is 0 Å². The topological polar surface area (TPSA) is 53.2 Å². The first-order valence-corrected chi connectivity index (χ1v) is 7.80. The van der Waals surface area contributed by atoms with Gasteiger partial charge in [0.05, 0.1) is 16.8 Å². The second-order valence-electron chi connectivity index (χ2n) is 6.56. The van der Waals surface area contributed by atoms with E-state index in [4.69, 9.17) is 0 Å². The summed E-state index contributed by atoms with van der Waals surface area (Å²) in [6.45, 7) is 3.91. The summed E-state index contributed by atoms with van der Waals surface area (Å²) < 4.78 is 0. The molecule has 2 aromatic carbocycles. The predicted octanol–water partition coefficient (Wildman–Crippen LogP) is 3.79. The van der Waals surface area contributed by atoms with E-state index in [1.807, 2.05) is 38.1 Å². The zero-order valence-corrected chi connectivity index (χ0v) is 13.2. The molecule has 0 fully saturated rings. The van der Waals surface area contributed by atoms with Crippen molar-refractivity contribution < 1.29 is 4.79 Å². The van der Waals surface area contributed by atoms with Crippen LogP contribution in [0.2, 0.25) is 0 Å². The van der Waals surface area contributed by atoms with Crippen LogP contribution < -0.4 is 16.0 Å². The van der Waals surface area contributed by atoms with Crippen molar-refractivity contribution >= 4 is 29.0 Å². The first-order chi connectivity index (χ1) is 11.0. The molecule has 1 unspecified atom stereocenters. The molecule has 4 nitrogen and oxygen atoms in total. The molecule has 23 heavy (non-hydrogen) atoms. The zero-order chi connectivity index (χ0) is 16.0. The predicted molar refractivity (Wildman–Crippen MR) is 94.6 cm³/mol. The summed E-state index contributed by atoms with van der Waals surface area (Å²) in [4.78, 5) is 12.0. The standard InChI is InChI=1S/C19H19N3O/c1-19(2)13-10-15-16(11-14(13)22-18(19)23)21-17(20-15)9-8-12-6-4-3-5-7-12/h3-11,17,20-21H,1-2H3,(H,22,23). The fraction of sp³-hybridized carbons (Fsp3) is 0.211. The Morgan fingerprint density at radius 1 is 1.00 bits per heavy atom. The summed E-state index contributed by atoms with van der Waals surface area (Å²) in [5.74, 6) is 0.0525. The van der Waals surface area contributed by atoms with Crippen LogP contribution in [0.3, 0.4) is 0 Å². The van der Waals surface area contributed by atoms with E-state index in [1.54, 1.807) is 0 Å². The molecule has 0 bridgehead atoms. The van der Waals surface area contributed by atoms with E-state index >= 15 is 0 Å². The fourth-order valence-corrected chi connectivity index (χ4v) is 3.10. The third kappa shape index (κ3) is 2.27. The number of rotatable bonds is 2. The van der Waals surface area contributed by atoms with Crippen LogP contribution in [0, 0.1) is 0 Å². The minimum Gasteiger partial charge on any atom is -0.360 e. The highest BCUT2D eigenvalue weighted by Gasteiger charge is 2.39. The molecule has 1 atom stereocenters. The van der Waals surface area contributed by atoms with E-state index in [2.05, 4.69) is 46.3 Å². The average Bonchev–Trinajstić information content (AvgIpc) is 3.03. The number of benzene rings is 2. The Hall–Kier alpha value is -2.75. The third-order valence-corrected chi connectivity index (χ3v) is 4.55. The van der Waals surface area contributed by atoms with Crippen LogP contribution in [0.5, 0.6) is 0 Å². The van der Waals surface area contributed by atoms with Gasteiger partial charge in [-0.2, -0.15) is 0 Å². The molecule has 2 aromatic rings. The van der Waals surface area contributed by atoms with Crippen molar-refractivity contribution in [2.45, 2.75) is 25.4 Å². The van der Waals surface area contributed by atoms with Gasteiger partial charge in [-0.3, -0.25) is 4.79 Å². The second kappa shape index (κ2) is 4.88. The van der Waals surface area contributed by atoms with E-state index in [1.165, 1.54) is 5.56 Å². The fourth-order valence-electron chi connectivity index (χ4n) is 3.10. The van der Waals surface area contributed by atoms with Gasteiger partial charge >= 0.3 is 0 Å². The van der Waals surface area contributed by atoms with Gasteiger partial charge in [0.2, 0.25) is 5.91 Å². The van der Waals surface area contributed by atoms with Crippen LogP contribution in [-0.4, -0.2) is 12.1 Å². The lowest BCUT2D eigenvalue weighted by atomic mass is 9.86. The van der Waals surface area contributed by atoms with Crippen molar-refractivity contribution in [2.75, 3.05) is 16.0 Å². The number of hydrogen-bond donors (Lipinski definition) is 3. The minimum atomic E-state index is -0.482. The molecule has 0 saturated heterocycles. The Kier molecular flexibility index (Phi) is 2.94. The molecular weight excluding hydrogens is 286 g/mol. The normalized spacial score (nSPS) is 20.6. The molecule has 0 radical (unpaired) electrons. The molecule has 2 heterocycles. The Bertz CT molecular complexity index is 809. The molecule has 0 saturated carbocycles. The van der Waals surface area contributed by atoms with E-state index < -0.39 is 5.41 Å². The second-order valence-corrected chi connectivity index (χ2v) is 6.56. The van der Waals surface area contributed by atoms with Gasteiger partial charge < -0.3 is 16.0 Å². The summed E-state index contributed by atoms with van der Waals surface area (Å²) >= 11 is 0. The molecule has 0 aromatic heterocycles. The van der Waals surface area contributed by atoms with Crippen molar-refractivity contribution in [3.8, 4) is 0 Å². The highest BCUT2D eigenvalue weighted by atomic mass is 16.2. The van der Waals surface area contributed by atoms with Crippen molar-refractivity contribution in [1.82, 2.24) is 0 Å². The maximum absolute atomic E-state index is 12.0. The quantitative estimate of drug-likeness (QED) is 0.791. The van der Waals surface area contributed by atoms with Crippen LogP contribution in [0.1, 0.15) is 25.0 Å². The number of carbonyl (C=O) groups excluding carboxylic acids is 1. The Morgan fingerprint density at radius 3 is 2.43 bits per heavy atom. The molecule has 0 spiro atoms. The van der Waals surface area contributed by atoms with Crippen molar-refractivity contribution in [2.24, 2.45) is 0 Å². The lowest BCUT2D eigenvalue weighted by molar-refractivity contribution is -0.119. The van der Waals surface area contributed by atoms with Gasteiger partial charge in [-0.15, -0.1) is 0 Å². The molecule has 2 aliphatic rings. The zero-order valence-electron chi connectivity index (χ0n) is 13.2. The number of fused-ring (bicyclic) bond motifs is 2. The molecule has 1 amide bonds. The Labute approximate surface area is 135 Å². The van der Waals surface area contributed by atoms with Crippen molar-refractivity contribution in [3.05, 3.63) is 59.7 Å². The number of amides is 1. The smallest absolute Gasteiger partial charge is 0.234 e. The number of hydrogen-bond acceptors (Lipinski definition) is 3. The maximum atomic E-state index is 12.0. The summed E-state index contributed by atoms with van der Waals surface area (Å²) in [6.07, 6.45) is 4.24.